The molecule has 3 heterocycles. The van der Waals surface area contributed by atoms with E-state index in [1.165, 1.54) is 30.6 Å². The highest BCUT2D eigenvalue weighted by Gasteiger charge is 2.16. The molecule has 19 heavy (non-hydrogen) atoms. The summed E-state index contributed by atoms with van der Waals surface area (Å²) in [6.45, 7) is 3.24. The van der Waals surface area contributed by atoms with Crippen molar-refractivity contribution in [1.82, 2.24) is 15.2 Å². The molecule has 1 aliphatic heterocycles. The van der Waals surface area contributed by atoms with Gasteiger partial charge < -0.3 is 5.32 Å². The predicted octanol–water partition coefficient (Wildman–Crippen LogP) is 3.06. The van der Waals surface area contributed by atoms with Gasteiger partial charge in [-0.05, 0) is 37.9 Å². The van der Waals surface area contributed by atoms with Gasteiger partial charge in [-0.15, -0.1) is 11.3 Å². The number of aromatic nitrogens is 1. The van der Waals surface area contributed by atoms with Crippen LogP contribution in [-0.2, 0) is 6.54 Å². The van der Waals surface area contributed by atoms with Gasteiger partial charge in [-0.1, -0.05) is 0 Å². The largest absolute Gasteiger partial charge is 0.313 e. The minimum atomic E-state index is 0.667. The fourth-order valence-corrected chi connectivity index (χ4v) is 4.05. The van der Waals surface area contributed by atoms with Crippen molar-refractivity contribution < 1.29 is 0 Å². The maximum absolute atomic E-state index is 4.73. The average Bonchev–Trinajstić information content (AvgIpc) is 3.09. The number of hydrogen-bond acceptors (Lipinski definition) is 5. The van der Waals surface area contributed by atoms with E-state index >= 15 is 0 Å². The summed E-state index contributed by atoms with van der Waals surface area (Å²) in [5.74, 6) is 0. The van der Waals surface area contributed by atoms with Crippen LogP contribution >= 0.6 is 22.7 Å². The molecule has 2 aromatic rings. The zero-order chi connectivity index (χ0) is 13.1. The number of nitrogens with zero attached hydrogens (tertiary/aromatic N) is 2. The Bertz CT molecular complexity index is 501. The first kappa shape index (κ1) is 13.2. The number of thiophene rings is 1. The lowest BCUT2D eigenvalue weighted by molar-refractivity contribution is 0.291. The average molecular weight is 293 g/mol. The van der Waals surface area contributed by atoms with Gasteiger partial charge in [0, 0.05) is 35.5 Å². The van der Waals surface area contributed by atoms with E-state index in [1.54, 1.807) is 22.7 Å². The highest BCUT2D eigenvalue weighted by molar-refractivity contribution is 7.14. The molecule has 0 radical (unpaired) electrons. The summed E-state index contributed by atoms with van der Waals surface area (Å²) in [6.07, 6.45) is 2.62. The molecule has 3 nitrogen and oxygen atoms in total. The van der Waals surface area contributed by atoms with Crippen molar-refractivity contribution in [3.05, 3.63) is 27.9 Å². The van der Waals surface area contributed by atoms with E-state index in [0.717, 1.165) is 18.1 Å². The van der Waals surface area contributed by atoms with Crippen LogP contribution in [0.4, 0.5) is 0 Å². The molecule has 1 fully saturated rings. The lowest BCUT2D eigenvalue weighted by Gasteiger charge is -2.19. The van der Waals surface area contributed by atoms with Gasteiger partial charge >= 0.3 is 0 Å². The zero-order valence-electron chi connectivity index (χ0n) is 11.1. The number of likely N-dealkylation sites (N-methyl/N-ethyl adjacent to an activating group) is 1. The Morgan fingerprint density at radius 2 is 2.42 bits per heavy atom. The fourth-order valence-electron chi connectivity index (χ4n) is 2.53. The molecular formula is C14H19N3S2. The van der Waals surface area contributed by atoms with Crippen LogP contribution in [0.25, 0.3) is 10.6 Å². The molecule has 0 spiro atoms. The fraction of sp³-hybridized carbons (Fsp3) is 0.500. The summed E-state index contributed by atoms with van der Waals surface area (Å²) in [6, 6.07) is 2.80. The van der Waals surface area contributed by atoms with Crippen LogP contribution in [-0.4, -0.2) is 36.1 Å². The normalized spacial score (nSPS) is 19.4. The topological polar surface area (TPSA) is 28.2 Å². The first-order valence-corrected chi connectivity index (χ1v) is 8.52. The van der Waals surface area contributed by atoms with Gasteiger partial charge in [-0.25, -0.2) is 4.98 Å². The first-order valence-electron chi connectivity index (χ1n) is 6.70. The Kier molecular flexibility index (Phi) is 4.28. The van der Waals surface area contributed by atoms with E-state index in [1.807, 2.05) is 0 Å². The summed E-state index contributed by atoms with van der Waals surface area (Å²) in [5.41, 5.74) is 2.44. The molecule has 0 saturated carbocycles. The Morgan fingerprint density at radius 3 is 3.16 bits per heavy atom. The van der Waals surface area contributed by atoms with Crippen molar-refractivity contribution in [2.75, 3.05) is 20.1 Å². The molecule has 0 aromatic carbocycles. The van der Waals surface area contributed by atoms with Crippen LogP contribution in [0.15, 0.2) is 22.2 Å². The monoisotopic (exact) mass is 293 g/mol. The van der Waals surface area contributed by atoms with Gasteiger partial charge in [-0.3, -0.25) is 4.90 Å². The lowest BCUT2D eigenvalue weighted by Crippen LogP contribution is -2.35. The van der Waals surface area contributed by atoms with Crippen LogP contribution in [0, 0.1) is 0 Å². The summed E-state index contributed by atoms with van der Waals surface area (Å²) in [7, 11) is 2.18. The van der Waals surface area contributed by atoms with Crippen LogP contribution < -0.4 is 5.32 Å². The highest BCUT2D eigenvalue weighted by Crippen LogP contribution is 2.26. The van der Waals surface area contributed by atoms with E-state index in [-0.39, 0.29) is 0 Å². The molecule has 1 atom stereocenters. The van der Waals surface area contributed by atoms with E-state index in [4.69, 9.17) is 4.98 Å². The molecule has 1 aliphatic rings. The van der Waals surface area contributed by atoms with Crippen molar-refractivity contribution in [1.29, 1.82) is 0 Å². The summed E-state index contributed by atoms with van der Waals surface area (Å²) < 4.78 is 0. The van der Waals surface area contributed by atoms with Gasteiger partial charge in [-0.2, -0.15) is 11.3 Å². The van der Waals surface area contributed by atoms with E-state index in [0.29, 0.717) is 6.04 Å². The molecule has 3 rings (SSSR count). The molecule has 1 saturated heterocycles. The number of nitrogens with one attached hydrogen (secondary N) is 1. The van der Waals surface area contributed by atoms with Crippen molar-refractivity contribution in [3.8, 4) is 10.6 Å². The minimum Gasteiger partial charge on any atom is -0.313 e. The summed E-state index contributed by atoms with van der Waals surface area (Å²) >= 11 is 3.47. The molecule has 1 unspecified atom stereocenters. The molecule has 0 aliphatic carbocycles. The lowest BCUT2D eigenvalue weighted by atomic mass is 10.2. The highest BCUT2D eigenvalue weighted by atomic mass is 32.1. The molecule has 0 amide bonds. The van der Waals surface area contributed by atoms with Gasteiger partial charge in [0.25, 0.3) is 0 Å². The Hall–Kier alpha value is -0.750. The first-order chi connectivity index (χ1) is 9.31. The second-order valence-corrected chi connectivity index (χ2v) is 6.78. The zero-order valence-corrected chi connectivity index (χ0v) is 12.8. The number of thiazole rings is 1. The van der Waals surface area contributed by atoms with Crippen LogP contribution in [0.2, 0.25) is 0 Å². The maximum atomic E-state index is 4.73. The maximum Gasteiger partial charge on any atom is 0.124 e. The Morgan fingerprint density at radius 1 is 1.47 bits per heavy atom. The van der Waals surface area contributed by atoms with Crippen LogP contribution in [0.1, 0.15) is 18.5 Å². The molecule has 0 bridgehead atoms. The second-order valence-electron chi connectivity index (χ2n) is 5.15. The minimum absolute atomic E-state index is 0.667. The van der Waals surface area contributed by atoms with E-state index < -0.39 is 0 Å². The third kappa shape index (κ3) is 3.42. The molecule has 2 aromatic heterocycles. The third-order valence-corrected chi connectivity index (χ3v) is 5.07. The number of hydrogen-bond donors (Lipinski definition) is 1. The quantitative estimate of drug-likeness (QED) is 0.918. The SMILES string of the molecule is CN(Cc1csc(-c2ccsc2)n1)CC1CCCN1. The molecule has 102 valence electrons. The molecule has 5 heteroatoms. The molecule has 1 N–H and O–H groups in total. The van der Waals surface area contributed by atoms with Crippen molar-refractivity contribution in [3.63, 3.8) is 0 Å². The smallest absolute Gasteiger partial charge is 0.124 e. The summed E-state index contributed by atoms with van der Waals surface area (Å²) in [4.78, 5) is 7.10. The van der Waals surface area contributed by atoms with Crippen molar-refractivity contribution >= 4 is 22.7 Å². The van der Waals surface area contributed by atoms with Crippen molar-refractivity contribution in [2.45, 2.75) is 25.4 Å². The van der Waals surface area contributed by atoms with Crippen LogP contribution in [0.3, 0.4) is 0 Å². The number of rotatable bonds is 5. The van der Waals surface area contributed by atoms with Crippen LogP contribution in [0.5, 0.6) is 0 Å². The van der Waals surface area contributed by atoms with E-state index in [9.17, 15) is 0 Å². The van der Waals surface area contributed by atoms with Gasteiger partial charge in [0.2, 0.25) is 0 Å². The Labute approximate surface area is 122 Å². The van der Waals surface area contributed by atoms with Gasteiger partial charge in [0.05, 0.1) is 5.69 Å². The van der Waals surface area contributed by atoms with Crippen molar-refractivity contribution in [2.24, 2.45) is 0 Å². The second kappa shape index (κ2) is 6.13. The summed E-state index contributed by atoms with van der Waals surface area (Å²) in [5, 5.41) is 11.1. The van der Waals surface area contributed by atoms with Gasteiger partial charge in [0.15, 0.2) is 0 Å². The molecular weight excluding hydrogens is 274 g/mol. The predicted molar refractivity (Wildman–Crippen MR) is 82.8 cm³/mol. The van der Waals surface area contributed by atoms with Gasteiger partial charge in [0.1, 0.15) is 5.01 Å². The Balaban J connectivity index is 1.57. The standard InChI is InChI=1S/C14H19N3S2/c1-17(7-12-3-2-5-15-12)8-13-10-19-14(16-13)11-4-6-18-9-11/h4,6,9-10,12,15H,2-3,5,7-8H2,1H3. The van der Waals surface area contributed by atoms with E-state index in [2.05, 4.69) is 39.5 Å². The third-order valence-electron chi connectivity index (χ3n) is 3.45.